The van der Waals surface area contributed by atoms with Crippen LogP contribution in [-0.4, -0.2) is 56.0 Å². The molecule has 102 valence electrons. The van der Waals surface area contributed by atoms with E-state index in [1.54, 1.807) is 0 Å². The van der Waals surface area contributed by atoms with E-state index in [1.807, 2.05) is 6.92 Å². The van der Waals surface area contributed by atoms with Crippen molar-refractivity contribution in [3.63, 3.8) is 0 Å². The van der Waals surface area contributed by atoms with Gasteiger partial charge in [0, 0.05) is 32.1 Å². The van der Waals surface area contributed by atoms with Crippen LogP contribution in [0.5, 0.6) is 0 Å². The monoisotopic (exact) mass is 244 g/mol. The molecule has 0 aromatic carbocycles. The number of hydrogen-bond donors (Lipinski definition) is 2. The van der Waals surface area contributed by atoms with E-state index < -0.39 is 0 Å². The average molecular weight is 244 g/mol. The van der Waals surface area contributed by atoms with Crippen LogP contribution in [0.4, 0.5) is 0 Å². The van der Waals surface area contributed by atoms with Crippen molar-refractivity contribution in [2.75, 3.05) is 40.3 Å². The fraction of sp³-hybridized carbons (Fsp3) is 0.917. The summed E-state index contributed by atoms with van der Waals surface area (Å²) < 4.78 is 0. The molecule has 17 heavy (non-hydrogen) atoms. The van der Waals surface area contributed by atoms with Gasteiger partial charge in [0.15, 0.2) is 0 Å². The standard InChI is InChI=1S/C12H28N4O/c1-10(2)8-16(7-6-15(4)5)9-11(3)12(17)14-13/h10-11H,6-9,13H2,1-5H3,(H,14,17). The van der Waals surface area contributed by atoms with Gasteiger partial charge in [0.2, 0.25) is 5.91 Å². The van der Waals surface area contributed by atoms with Crippen molar-refractivity contribution in [1.82, 2.24) is 15.2 Å². The minimum Gasteiger partial charge on any atom is -0.308 e. The maximum Gasteiger partial charge on any atom is 0.237 e. The van der Waals surface area contributed by atoms with Gasteiger partial charge in [0.25, 0.3) is 0 Å². The van der Waals surface area contributed by atoms with Crippen LogP contribution in [0.15, 0.2) is 0 Å². The molecule has 1 amide bonds. The highest BCUT2D eigenvalue weighted by molar-refractivity contribution is 5.77. The third-order valence-corrected chi connectivity index (χ3v) is 2.61. The summed E-state index contributed by atoms with van der Waals surface area (Å²) >= 11 is 0. The lowest BCUT2D eigenvalue weighted by atomic mass is 10.1. The predicted octanol–water partition coefficient (Wildman–Crippen LogP) is 0.132. The number of hydrazine groups is 1. The van der Waals surface area contributed by atoms with Crippen LogP contribution in [0.2, 0.25) is 0 Å². The zero-order valence-corrected chi connectivity index (χ0v) is 11.9. The van der Waals surface area contributed by atoms with E-state index >= 15 is 0 Å². The van der Waals surface area contributed by atoms with Crippen LogP contribution in [0.1, 0.15) is 20.8 Å². The van der Waals surface area contributed by atoms with Crippen molar-refractivity contribution in [2.24, 2.45) is 17.7 Å². The molecule has 3 N–H and O–H groups in total. The van der Waals surface area contributed by atoms with Gasteiger partial charge in [-0.3, -0.25) is 10.2 Å². The lowest BCUT2D eigenvalue weighted by Gasteiger charge is -2.27. The van der Waals surface area contributed by atoms with Gasteiger partial charge in [0.1, 0.15) is 0 Å². The maximum atomic E-state index is 11.4. The van der Waals surface area contributed by atoms with Crippen LogP contribution in [-0.2, 0) is 4.79 Å². The molecular weight excluding hydrogens is 216 g/mol. The highest BCUT2D eigenvalue weighted by atomic mass is 16.2. The molecule has 0 bridgehead atoms. The Hall–Kier alpha value is -0.650. The second-order valence-electron chi connectivity index (χ2n) is 5.37. The molecule has 5 heteroatoms. The SMILES string of the molecule is CC(C)CN(CCN(C)C)CC(C)C(=O)NN. The summed E-state index contributed by atoms with van der Waals surface area (Å²) in [5.74, 6) is 5.59. The zero-order chi connectivity index (χ0) is 13.4. The fourth-order valence-electron chi connectivity index (χ4n) is 1.73. The Labute approximate surface area is 105 Å². The van der Waals surface area contributed by atoms with Gasteiger partial charge in [0.05, 0.1) is 0 Å². The summed E-state index contributed by atoms with van der Waals surface area (Å²) in [4.78, 5) is 15.9. The van der Waals surface area contributed by atoms with Crippen LogP contribution in [0.25, 0.3) is 0 Å². The lowest BCUT2D eigenvalue weighted by Crippen LogP contribution is -2.43. The van der Waals surface area contributed by atoms with E-state index in [1.165, 1.54) is 0 Å². The molecule has 0 aromatic rings. The van der Waals surface area contributed by atoms with Crippen LogP contribution >= 0.6 is 0 Å². The zero-order valence-electron chi connectivity index (χ0n) is 11.9. The quantitative estimate of drug-likeness (QED) is 0.362. The highest BCUT2D eigenvalue weighted by Gasteiger charge is 2.16. The Kier molecular flexibility index (Phi) is 8.12. The Morgan fingerprint density at radius 3 is 2.18 bits per heavy atom. The third kappa shape index (κ3) is 8.12. The van der Waals surface area contributed by atoms with Crippen molar-refractivity contribution < 1.29 is 4.79 Å². The number of rotatable bonds is 8. The normalized spacial score (nSPS) is 13.5. The van der Waals surface area contributed by atoms with E-state index in [-0.39, 0.29) is 11.8 Å². The number of likely N-dealkylation sites (N-methyl/N-ethyl adjacent to an activating group) is 1. The van der Waals surface area contributed by atoms with E-state index in [2.05, 4.69) is 43.2 Å². The maximum absolute atomic E-state index is 11.4. The van der Waals surface area contributed by atoms with Crippen molar-refractivity contribution in [1.29, 1.82) is 0 Å². The topological polar surface area (TPSA) is 61.6 Å². The first-order valence-electron chi connectivity index (χ1n) is 6.24. The van der Waals surface area contributed by atoms with Gasteiger partial charge in [-0.2, -0.15) is 0 Å². The number of nitrogens with one attached hydrogen (secondary N) is 1. The molecule has 0 rings (SSSR count). The minimum absolute atomic E-state index is 0.0686. The van der Waals surface area contributed by atoms with E-state index in [0.717, 1.165) is 26.2 Å². The summed E-state index contributed by atoms with van der Waals surface area (Å²) in [5.41, 5.74) is 2.21. The van der Waals surface area contributed by atoms with Crippen molar-refractivity contribution >= 4 is 5.91 Å². The first kappa shape index (κ1) is 16.4. The molecule has 1 atom stereocenters. The molecule has 5 nitrogen and oxygen atoms in total. The van der Waals surface area contributed by atoms with Crippen molar-refractivity contribution in [3.8, 4) is 0 Å². The molecule has 0 aliphatic rings. The first-order chi connectivity index (χ1) is 7.86. The minimum atomic E-state index is -0.0939. The van der Waals surface area contributed by atoms with E-state index in [0.29, 0.717) is 5.92 Å². The smallest absolute Gasteiger partial charge is 0.237 e. The largest absolute Gasteiger partial charge is 0.308 e. The second-order valence-corrected chi connectivity index (χ2v) is 5.37. The number of hydrogen-bond acceptors (Lipinski definition) is 4. The molecule has 0 saturated heterocycles. The first-order valence-corrected chi connectivity index (χ1v) is 6.24. The van der Waals surface area contributed by atoms with Gasteiger partial charge >= 0.3 is 0 Å². The summed E-state index contributed by atoms with van der Waals surface area (Å²) in [6.45, 7) is 10.0. The van der Waals surface area contributed by atoms with E-state index in [4.69, 9.17) is 5.84 Å². The Balaban J connectivity index is 4.21. The molecule has 0 aromatic heterocycles. The summed E-state index contributed by atoms with van der Waals surface area (Å²) in [6.07, 6.45) is 0. The fourth-order valence-corrected chi connectivity index (χ4v) is 1.73. The van der Waals surface area contributed by atoms with Crippen LogP contribution in [0.3, 0.4) is 0 Å². The van der Waals surface area contributed by atoms with E-state index in [9.17, 15) is 4.79 Å². The van der Waals surface area contributed by atoms with Crippen LogP contribution in [0, 0.1) is 11.8 Å². The second kappa shape index (κ2) is 8.44. The number of nitrogens with zero attached hydrogens (tertiary/aromatic N) is 2. The molecular formula is C12H28N4O. The summed E-state index contributed by atoms with van der Waals surface area (Å²) in [6, 6.07) is 0. The van der Waals surface area contributed by atoms with Gasteiger partial charge in [-0.1, -0.05) is 20.8 Å². The molecule has 0 saturated carbocycles. The number of amides is 1. The molecule has 0 aliphatic carbocycles. The number of carbonyl (C=O) groups excluding carboxylic acids is 1. The Bertz CT molecular complexity index is 219. The molecule has 0 heterocycles. The third-order valence-electron chi connectivity index (χ3n) is 2.61. The summed E-state index contributed by atoms with van der Waals surface area (Å²) in [5, 5.41) is 0. The van der Waals surface area contributed by atoms with Crippen molar-refractivity contribution in [2.45, 2.75) is 20.8 Å². The lowest BCUT2D eigenvalue weighted by molar-refractivity contribution is -0.125. The molecule has 0 fully saturated rings. The highest BCUT2D eigenvalue weighted by Crippen LogP contribution is 2.04. The molecule has 0 aliphatic heterocycles. The van der Waals surface area contributed by atoms with Gasteiger partial charge in [-0.15, -0.1) is 0 Å². The van der Waals surface area contributed by atoms with Gasteiger partial charge < -0.3 is 9.80 Å². The van der Waals surface area contributed by atoms with Gasteiger partial charge in [-0.05, 0) is 20.0 Å². The number of nitrogens with two attached hydrogens (primary N) is 1. The van der Waals surface area contributed by atoms with Gasteiger partial charge in [-0.25, -0.2) is 5.84 Å². The summed E-state index contributed by atoms with van der Waals surface area (Å²) in [7, 11) is 4.12. The van der Waals surface area contributed by atoms with Crippen LogP contribution < -0.4 is 11.3 Å². The van der Waals surface area contributed by atoms with Crippen molar-refractivity contribution in [3.05, 3.63) is 0 Å². The molecule has 0 spiro atoms. The predicted molar refractivity (Wildman–Crippen MR) is 71.3 cm³/mol. The average Bonchev–Trinajstić information content (AvgIpc) is 2.23. The Morgan fingerprint density at radius 1 is 1.18 bits per heavy atom. The molecule has 0 radical (unpaired) electrons. The molecule has 1 unspecified atom stereocenters. The Morgan fingerprint density at radius 2 is 1.76 bits per heavy atom. The number of carbonyl (C=O) groups is 1.